The van der Waals surface area contributed by atoms with Gasteiger partial charge in [0.1, 0.15) is 5.82 Å². The van der Waals surface area contributed by atoms with Gasteiger partial charge in [0.05, 0.1) is 0 Å². The first kappa shape index (κ1) is 10.8. The van der Waals surface area contributed by atoms with Crippen molar-refractivity contribution in [2.45, 2.75) is 50.6 Å². The van der Waals surface area contributed by atoms with Crippen molar-refractivity contribution in [3.05, 3.63) is 23.4 Å². The van der Waals surface area contributed by atoms with Crippen LogP contribution in [0.5, 0.6) is 0 Å². The molecule has 2 aliphatic heterocycles. The first-order chi connectivity index (χ1) is 8.90. The highest BCUT2D eigenvalue weighted by Gasteiger charge is 2.37. The van der Waals surface area contributed by atoms with Crippen LogP contribution < -0.4 is 5.32 Å². The molecule has 3 heterocycles. The van der Waals surface area contributed by atoms with Gasteiger partial charge in [0.15, 0.2) is 0 Å². The van der Waals surface area contributed by atoms with Gasteiger partial charge in [-0.25, -0.2) is 4.98 Å². The van der Waals surface area contributed by atoms with E-state index in [1.807, 2.05) is 0 Å². The number of hydrogen-bond donors (Lipinski definition) is 1. The molecule has 3 nitrogen and oxygen atoms in total. The minimum Gasteiger partial charge on any atom is -0.366 e. The number of aromatic nitrogens is 1. The third-order valence-corrected chi connectivity index (χ3v) is 4.87. The third kappa shape index (κ3) is 1.72. The van der Waals surface area contributed by atoms with Gasteiger partial charge in [0.25, 0.3) is 0 Å². The average Bonchev–Trinajstić information content (AvgIpc) is 3.06. The van der Waals surface area contributed by atoms with Crippen LogP contribution in [0.2, 0.25) is 0 Å². The fourth-order valence-electron chi connectivity index (χ4n) is 3.94. The Morgan fingerprint density at radius 2 is 2.11 bits per heavy atom. The quantitative estimate of drug-likeness (QED) is 0.863. The zero-order valence-corrected chi connectivity index (χ0v) is 10.9. The van der Waals surface area contributed by atoms with Crippen molar-refractivity contribution >= 4 is 5.82 Å². The van der Waals surface area contributed by atoms with Crippen LogP contribution in [0.1, 0.15) is 36.9 Å². The summed E-state index contributed by atoms with van der Waals surface area (Å²) in [6.45, 7) is 2.58. The molecule has 0 bridgehead atoms. The number of anilines is 1. The Labute approximate surface area is 109 Å². The van der Waals surface area contributed by atoms with E-state index in [1.165, 1.54) is 62.9 Å². The lowest BCUT2D eigenvalue weighted by Crippen LogP contribution is -2.34. The van der Waals surface area contributed by atoms with E-state index in [-0.39, 0.29) is 0 Å². The fraction of sp³-hybridized carbons (Fsp3) is 0.667. The molecule has 2 unspecified atom stereocenters. The largest absolute Gasteiger partial charge is 0.366 e. The molecule has 2 fully saturated rings. The molecular formula is C15H21N3. The molecule has 3 heteroatoms. The van der Waals surface area contributed by atoms with Gasteiger partial charge in [-0.3, -0.25) is 4.90 Å². The Morgan fingerprint density at radius 3 is 3.11 bits per heavy atom. The van der Waals surface area contributed by atoms with Crippen LogP contribution in [0.15, 0.2) is 12.1 Å². The predicted molar refractivity (Wildman–Crippen MR) is 72.9 cm³/mol. The monoisotopic (exact) mass is 243 g/mol. The first-order valence-electron chi connectivity index (χ1n) is 7.39. The second-order valence-electron chi connectivity index (χ2n) is 5.94. The number of nitrogens with zero attached hydrogens (tertiary/aromatic N) is 2. The van der Waals surface area contributed by atoms with Crippen LogP contribution >= 0.6 is 0 Å². The van der Waals surface area contributed by atoms with E-state index in [2.05, 4.69) is 22.3 Å². The van der Waals surface area contributed by atoms with Crippen LogP contribution in [0, 0.1) is 0 Å². The van der Waals surface area contributed by atoms with Crippen molar-refractivity contribution < 1.29 is 0 Å². The van der Waals surface area contributed by atoms with E-state index < -0.39 is 0 Å². The number of pyridine rings is 1. The molecule has 4 rings (SSSR count). The summed E-state index contributed by atoms with van der Waals surface area (Å²) >= 11 is 0. The lowest BCUT2D eigenvalue weighted by atomic mass is 10.1. The van der Waals surface area contributed by atoms with E-state index in [9.17, 15) is 0 Å². The van der Waals surface area contributed by atoms with Crippen molar-refractivity contribution in [2.24, 2.45) is 0 Å². The van der Waals surface area contributed by atoms with Gasteiger partial charge >= 0.3 is 0 Å². The van der Waals surface area contributed by atoms with Gasteiger partial charge in [-0.05, 0) is 56.7 Å². The number of hydrogen-bond acceptors (Lipinski definition) is 3. The zero-order chi connectivity index (χ0) is 11.9. The molecule has 1 aromatic rings. The second-order valence-corrected chi connectivity index (χ2v) is 5.94. The summed E-state index contributed by atoms with van der Waals surface area (Å²) < 4.78 is 0. The molecule has 0 spiro atoms. The van der Waals surface area contributed by atoms with Gasteiger partial charge in [-0.15, -0.1) is 0 Å². The van der Waals surface area contributed by atoms with Crippen molar-refractivity contribution in [1.82, 2.24) is 9.88 Å². The Balaban J connectivity index is 1.51. The van der Waals surface area contributed by atoms with E-state index in [1.54, 1.807) is 0 Å². The molecule has 0 saturated carbocycles. The van der Waals surface area contributed by atoms with Gasteiger partial charge in [-0.2, -0.15) is 0 Å². The minimum atomic E-state index is 0.624. The lowest BCUT2D eigenvalue weighted by Gasteiger charge is -2.22. The van der Waals surface area contributed by atoms with E-state index in [0.29, 0.717) is 6.04 Å². The normalized spacial score (nSPS) is 30.4. The molecule has 96 valence electrons. The highest BCUT2D eigenvalue weighted by atomic mass is 15.2. The zero-order valence-electron chi connectivity index (χ0n) is 10.9. The van der Waals surface area contributed by atoms with E-state index >= 15 is 0 Å². The first-order valence-corrected chi connectivity index (χ1v) is 7.39. The molecule has 1 N–H and O–H groups in total. The van der Waals surface area contributed by atoms with Gasteiger partial charge in [-0.1, -0.05) is 6.07 Å². The maximum absolute atomic E-state index is 4.80. The molecule has 2 saturated heterocycles. The summed E-state index contributed by atoms with van der Waals surface area (Å²) in [5.74, 6) is 1.11. The van der Waals surface area contributed by atoms with E-state index in [0.717, 1.165) is 11.9 Å². The molecule has 3 aliphatic rings. The molecule has 18 heavy (non-hydrogen) atoms. The van der Waals surface area contributed by atoms with Crippen LogP contribution in [0.3, 0.4) is 0 Å². The Kier molecular flexibility index (Phi) is 2.54. The van der Waals surface area contributed by atoms with Crippen molar-refractivity contribution in [2.75, 3.05) is 18.4 Å². The Bertz CT molecular complexity index is 457. The lowest BCUT2D eigenvalue weighted by molar-refractivity contribution is 0.318. The standard InChI is InChI=1S/C15H21N3/c1-3-11-6-7-15(16-12(11)4-1)17-13-8-10-18-9-2-5-14(13)18/h6-7,13-14H,1-5,8-10H2,(H,16,17). The molecular weight excluding hydrogens is 222 g/mol. The van der Waals surface area contributed by atoms with Crippen LogP contribution in [0.25, 0.3) is 0 Å². The SMILES string of the molecule is c1cc2c(nc1NC1CCN3CCCC13)CCC2. The summed E-state index contributed by atoms with van der Waals surface area (Å²) in [6, 6.07) is 5.85. The van der Waals surface area contributed by atoms with Gasteiger partial charge in [0.2, 0.25) is 0 Å². The Hall–Kier alpha value is -1.09. The number of aryl methyl sites for hydroxylation is 2. The van der Waals surface area contributed by atoms with Crippen molar-refractivity contribution in [3.8, 4) is 0 Å². The number of fused-ring (bicyclic) bond motifs is 2. The van der Waals surface area contributed by atoms with Crippen LogP contribution in [-0.2, 0) is 12.8 Å². The fourth-order valence-corrected chi connectivity index (χ4v) is 3.94. The number of rotatable bonds is 2. The van der Waals surface area contributed by atoms with Gasteiger partial charge in [0, 0.05) is 24.3 Å². The van der Waals surface area contributed by atoms with Crippen molar-refractivity contribution in [3.63, 3.8) is 0 Å². The molecule has 0 radical (unpaired) electrons. The number of nitrogens with one attached hydrogen (secondary N) is 1. The topological polar surface area (TPSA) is 28.2 Å². The second kappa shape index (κ2) is 4.23. The summed E-state index contributed by atoms with van der Waals surface area (Å²) in [5, 5.41) is 3.69. The summed E-state index contributed by atoms with van der Waals surface area (Å²) in [7, 11) is 0. The molecule has 0 aromatic carbocycles. The van der Waals surface area contributed by atoms with Crippen molar-refractivity contribution in [1.29, 1.82) is 0 Å². The smallest absolute Gasteiger partial charge is 0.126 e. The van der Waals surface area contributed by atoms with Gasteiger partial charge < -0.3 is 5.32 Å². The third-order valence-electron chi connectivity index (χ3n) is 4.87. The highest BCUT2D eigenvalue weighted by molar-refractivity contribution is 5.41. The van der Waals surface area contributed by atoms with Crippen LogP contribution in [-0.4, -0.2) is 35.1 Å². The molecule has 1 aliphatic carbocycles. The summed E-state index contributed by atoms with van der Waals surface area (Å²) in [5.41, 5.74) is 2.80. The van der Waals surface area contributed by atoms with E-state index in [4.69, 9.17) is 4.98 Å². The van der Waals surface area contributed by atoms with Crippen LogP contribution in [0.4, 0.5) is 5.82 Å². The maximum atomic E-state index is 4.80. The predicted octanol–water partition coefficient (Wildman–Crippen LogP) is 2.22. The minimum absolute atomic E-state index is 0.624. The molecule has 2 atom stereocenters. The maximum Gasteiger partial charge on any atom is 0.126 e. The Morgan fingerprint density at radius 1 is 1.11 bits per heavy atom. The summed E-state index contributed by atoms with van der Waals surface area (Å²) in [4.78, 5) is 7.45. The molecule has 1 aromatic heterocycles. The molecule has 0 amide bonds. The highest BCUT2D eigenvalue weighted by Crippen LogP contribution is 2.30. The summed E-state index contributed by atoms with van der Waals surface area (Å²) in [6.07, 6.45) is 7.70. The average molecular weight is 243 g/mol.